The van der Waals surface area contributed by atoms with Crippen molar-refractivity contribution in [2.24, 2.45) is 0 Å². The van der Waals surface area contributed by atoms with Gasteiger partial charge >= 0.3 is 0 Å². The fraction of sp³-hybridized carbons (Fsp3) is 0.500. The summed E-state index contributed by atoms with van der Waals surface area (Å²) < 4.78 is 53.4. The fourth-order valence-corrected chi connectivity index (χ4v) is 5.18. The summed E-state index contributed by atoms with van der Waals surface area (Å²) in [6.07, 6.45) is 0.849. The van der Waals surface area contributed by atoms with Gasteiger partial charge in [0.05, 0.1) is 26.4 Å². The molecule has 0 spiro atoms. The Morgan fingerprint density at radius 1 is 1.24 bits per heavy atom. The molecule has 9 heteroatoms. The number of H-pyrrole nitrogens is 1. The number of alkyl halides is 3. The average molecular weight is 520 g/mol. The number of ether oxygens (including phenoxy) is 2. The lowest BCUT2D eigenvalue weighted by molar-refractivity contribution is -0.0866. The molecule has 0 aliphatic carbocycles. The molecule has 6 nitrogen and oxygen atoms in total. The highest BCUT2D eigenvalue weighted by atomic mass is 19.3. The van der Waals surface area contributed by atoms with Gasteiger partial charge in [-0.2, -0.15) is 0 Å². The number of halogens is 3. The maximum atomic E-state index is 14.6. The van der Waals surface area contributed by atoms with Crippen molar-refractivity contribution in [3.8, 4) is 11.5 Å². The molecule has 3 aromatic rings. The molecule has 3 atom stereocenters. The number of rotatable bonds is 12. The van der Waals surface area contributed by atoms with Crippen LogP contribution in [0.4, 0.5) is 13.2 Å². The molecule has 1 aliphatic heterocycles. The van der Waals surface area contributed by atoms with Crippen LogP contribution in [-0.4, -0.2) is 73.1 Å². The summed E-state index contributed by atoms with van der Waals surface area (Å²) in [4.78, 5) is 5.22. The molecule has 0 bridgehead atoms. The van der Waals surface area contributed by atoms with E-state index in [0.29, 0.717) is 43.0 Å². The van der Waals surface area contributed by atoms with E-state index >= 15 is 0 Å². The van der Waals surface area contributed by atoms with Crippen LogP contribution >= 0.6 is 0 Å². The van der Waals surface area contributed by atoms with Gasteiger partial charge < -0.3 is 24.9 Å². The van der Waals surface area contributed by atoms with E-state index in [1.807, 2.05) is 44.2 Å². The quantitative estimate of drug-likeness (QED) is 0.298. The Morgan fingerprint density at radius 2 is 2.03 bits per heavy atom. The fourth-order valence-electron chi connectivity index (χ4n) is 5.18. The number of hydrogen-bond acceptors (Lipinski definition) is 5. The zero-order valence-corrected chi connectivity index (χ0v) is 21.6. The first-order chi connectivity index (χ1) is 17.8. The number of aromatic nitrogens is 1. The summed E-state index contributed by atoms with van der Waals surface area (Å²) in [5.74, 6) is -2.13. The topological polar surface area (TPSA) is 69.8 Å². The van der Waals surface area contributed by atoms with Crippen molar-refractivity contribution in [1.82, 2.24) is 15.2 Å². The van der Waals surface area contributed by atoms with Crippen molar-refractivity contribution in [1.29, 1.82) is 0 Å². The second-order valence-electron chi connectivity index (χ2n) is 9.78. The molecule has 1 aliphatic rings. The van der Waals surface area contributed by atoms with Crippen LogP contribution in [0.2, 0.25) is 0 Å². The van der Waals surface area contributed by atoms with Crippen molar-refractivity contribution < 1.29 is 27.8 Å². The summed E-state index contributed by atoms with van der Waals surface area (Å²) >= 11 is 0. The average Bonchev–Trinajstić information content (AvgIpc) is 3.25. The van der Waals surface area contributed by atoms with Crippen molar-refractivity contribution in [2.75, 3.05) is 40.0 Å². The molecule has 2 heterocycles. The van der Waals surface area contributed by atoms with Crippen LogP contribution in [-0.2, 0) is 6.42 Å². The molecule has 0 amide bonds. The number of aliphatic hydroxyl groups is 1. The van der Waals surface area contributed by atoms with Crippen LogP contribution in [0.15, 0.2) is 42.5 Å². The first kappa shape index (κ1) is 27.3. The van der Waals surface area contributed by atoms with Gasteiger partial charge in [0.15, 0.2) is 0 Å². The van der Waals surface area contributed by atoms with Gasteiger partial charge in [-0.1, -0.05) is 18.2 Å². The number of nitrogens with one attached hydrogen (secondary N) is 2. The molecule has 37 heavy (non-hydrogen) atoms. The molecule has 0 saturated heterocycles. The van der Waals surface area contributed by atoms with Gasteiger partial charge in [0.1, 0.15) is 24.2 Å². The predicted molar refractivity (Wildman–Crippen MR) is 139 cm³/mol. The summed E-state index contributed by atoms with van der Waals surface area (Å²) in [6, 6.07) is 12.6. The smallest absolute Gasteiger partial charge is 0.283 e. The first-order valence-corrected chi connectivity index (χ1v) is 12.7. The zero-order chi connectivity index (χ0) is 26.6. The standard InChI is InChI=1S/C28H36F3N3O3/c1-18-13-22-21-7-4-5-8-24(21)33-26(22)27(34(18)16-28(30,31)17-35)23-14-20(9-10-25(23)36-3)37-19(2)15-32-12-6-11-29/h4-5,7-10,14,18-19,27,32-33,35H,6,11-13,15-17H2,1-3H3/t18-,19?,27-/m1/s1. The molecule has 0 saturated carbocycles. The molecule has 0 radical (unpaired) electrons. The maximum Gasteiger partial charge on any atom is 0.283 e. The SMILES string of the molecule is COc1ccc(OC(C)CNCCCF)cc1[C@@H]1c2[nH]c3ccccc3c2C[C@@H](C)N1CC(F)(F)CO. The van der Waals surface area contributed by atoms with Gasteiger partial charge in [0, 0.05) is 34.7 Å². The highest BCUT2D eigenvalue weighted by Gasteiger charge is 2.42. The van der Waals surface area contributed by atoms with Crippen molar-refractivity contribution in [3.63, 3.8) is 0 Å². The van der Waals surface area contributed by atoms with Gasteiger partial charge in [-0.15, -0.1) is 0 Å². The number of para-hydroxylation sites is 1. The van der Waals surface area contributed by atoms with Crippen LogP contribution < -0.4 is 14.8 Å². The summed E-state index contributed by atoms with van der Waals surface area (Å²) in [5.41, 5.74) is 3.57. The molecule has 1 aromatic heterocycles. The second kappa shape index (κ2) is 11.8. The third kappa shape index (κ3) is 6.05. The minimum atomic E-state index is -3.27. The van der Waals surface area contributed by atoms with E-state index in [-0.39, 0.29) is 18.8 Å². The molecule has 202 valence electrons. The summed E-state index contributed by atoms with van der Waals surface area (Å²) in [5, 5.41) is 13.6. The number of aliphatic hydroxyl groups excluding tert-OH is 1. The minimum absolute atomic E-state index is 0.190. The van der Waals surface area contributed by atoms with Crippen LogP contribution in [0, 0.1) is 0 Å². The third-order valence-corrected chi connectivity index (χ3v) is 6.91. The van der Waals surface area contributed by atoms with Crippen molar-refractivity contribution >= 4 is 10.9 Å². The van der Waals surface area contributed by atoms with E-state index in [0.717, 1.165) is 22.2 Å². The predicted octanol–water partition coefficient (Wildman–Crippen LogP) is 4.86. The lowest BCUT2D eigenvalue weighted by atomic mass is 9.87. The highest BCUT2D eigenvalue weighted by Crippen LogP contribution is 2.45. The lowest BCUT2D eigenvalue weighted by Gasteiger charge is -2.42. The van der Waals surface area contributed by atoms with Gasteiger partial charge in [0.2, 0.25) is 0 Å². The maximum absolute atomic E-state index is 14.6. The second-order valence-corrected chi connectivity index (χ2v) is 9.78. The summed E-state index contributed by atoms with van der Waals surface area (Å²) in [7, 11) is 1.56. The molecule has 2 aromatic carbocycles. The molecular formula is C28H36F3N3O3. The molecule has 3 N–H and O–H groups in total. The third-order valence-electron chi connectivity index (χ3n) is 6.91. The monoisotopic (exact) mass is 519 g/mol. The van der Waals surface area contributed by atoms with E-state index in [1.54, 1.807) is 24.1 Å². The molecule has 0 fully saturated rings. The van der Waals surface area contributed by atoms with E-state index in [4.69, 9.17) is 9.47 Å². The van der Waals surface area contributed by atoms with Gasteiger partial charge in [0.25, 0.3) is 5.92 Å². The van der Waals surface area contributed by atoms with E-state index < -0.39 is 25.1 Å². The number of nitrogens with zero attached hydrogens (tertiary/aromatic N) is 1. The Bertz CT molecular complexity index is 1190. The number of aromatic amines is 1. The number of benzene rings is 2. The number of methoxy groups -OCH3 is 1. The van der Waals surface area contributed by atoms with E-state index in [9.17, 15) is 18.3 Å². The highest BCUT2D eigenvalue weighted by molar-refractivity contribution is 5.85. The molecular weight excluding hydrogens is 483 g/mol. The lowest BCUT2D eigenvalue weighted by Crippen LogP contribution is -2.49. The van der Waals surface area contributed by atoms with Crippen LogP contribution in [0.5, 0.6) is 11.5 Å². The summed E-state index contributed by atoms with van der Waals surface area (Å²) in [6.45, 7) is 2.76. The first-order valence-electron chi connectivity index (χ1n) is 12.7. The Labute approximate surface area is 215 Å². The van der Waals surface area contributed by atoms with Crippen LogP contribution in [0.1, 0.15) is 43.1 Å². The molecule has 1 unspecified atom stereocenters. The van der Waals surface area contributed by atoms with Crippen molar-refractivity contribution in [3.05, 3.63) is 59.3 Å². The van der Waals surface area contributed by atoms with Gasteiger partial charge in [-0.05, 0) is 63.1 Å². The Balaban J connectivity index is 1.75. The normalized spacial score (nSPS) is 19.1. The zero-order valence-electron chi connectivity index (χ0n) is 21.6. The van der Waals surface area contributed by atoms with Crippen LogP contribution in [0.25, 0.3) is 10.9 Å². The van der Waals surface area contributed by atoms with E-state index in [1.165, 1.54) is 0 Å². The molecule has 4 rings (SSSR count). The van der Waals surface area contributed by atoms with Crippen molar-refractivity contribution in [2.45, 2.75) is 50.8 Å². The van der Waals surface area contributed by atoms with Gasteiger partial charge in [-0.25, -0.2) is 8.78 Å². The number of fused-ring (bicyclic) bond motifs is 3. The van der Waals surface area contributed by atoms with E-state index in [2.05, 4.69) is 10.3 Å². The van der Waals surface area contributed by atoms with Gasteiger partial charge in [-0.3, -0.25) is 9.29 Å². The number of hydrogen-bond donors (Lipinski definition) is 3. The Kier molecular flexibility index (Phi) is 8.67. The van der Waals surface area contributed by atoms with Crippen LogP contribution in [0.3, 0.4) is 0 Å². The Hall–Kier alpha value is -2.75. The largest absolute Gasteiger partial charge is 0.496 e. The minimum Gasteiger partial charge on any atom is -0.496 e. The Morgan fingerprint density at radius 3 is 2.76 bits per heavy atom.